The van der Waals surface area contributed by atoms with Crippen LogP contribution in [0, 0.1) is 0 Å². The van der Waals surface area contributed by atoms with Crippen LogP contribution in [-0.4, -0.2) is 11.5 Å². The highest BCUT2D eigenvalue weighted by atomic mass is 32.1. The quantitative estimate of drug-likeness (QED) is 0.800. The third kappa shape index (κ3) is 2.90. The maximum Gasteiger partial charge on any atom is 0.107 e. The summed E-state index contributed by atoms with van der Waals surface area (Å²) in [6.45, 7) is 4.11. The molecule has 0 spiro atoms. The monoisotopic (exact) mass is 232 g/mol. The average Bonchev–Trinajstić information content (AvgIpc) is 2.79. The predicted molar refractivity (Wildman–Crippen MR) is 69.5 cm³/mol. The molecule has 84 valence electrons. The van der Waals surface area contributed by atoms with Crippen molar-refractivity contribution in [1.82, 2.24) is 10.3 Å². The van der Waals surface area contributed by atoms with Gasteiger partial charge in [0.05, 0.1) is 5.69 Å². The van der Waals surface area contributed by atoms with E-state index in [9.17, 15) is 0 Å². The van der Waals surface area contributed by atoms with E-state index in [4.69, 9.17) is 0 Å². The van der Waals surface area contributed by atoms with Gasteiger partial charge in [-0.15, -0.1) is 11.3 Å². The maximum absolute atomic E-state index is 4.61. The highest BCUT2D eigenvalue weighted by Crippen LogP contribution is 2.21. The summed E-state index contributed by atoms with van der Waals surface area (Å²) in [5.74, 6) is 0. The second-order valence-electron chi connectivity index (χ2n) is 3.67. The van der Waals surface area contributed by atoms with Crippen molar-refractivity contribution in [2.75, 3.05) is 6.54 Å². The molecule has 3 heteroatoms. The zero-order chi connectivity index (χ0) is 11.2. The van der Waals surface area contributed by atoms with Crippen LogP contribution >= 0.6 is 11.3 Å². The van der Waals surface area contributed by atoms with Gasteiger partial charge in [-0.3, -0.25) is 0 Å². The lowest BCUT2D eigenvalue weighted by molar-refractivity contribution is 0.673. The van der Waals surface area contributed by atoms with Crippen LogP contribution in [0.15, 0.2) is 35.7 Å². The summed E-state index contributed by atoms with van der Waals surface area (Å²) in [7, 11) is 0. The summed E-state index contributed by atoms with van der Waals surface area (Å²) in [6, 6.07) is 10.3. The largest absolute Gasteiger partial charge is 0.310 e. The van der Waals surface area contributed by atoms with Crippen molar-refractivity contribution >= 4 is 11.3 Å². The molecule has 0 atom stereocenters. The van der Waals surface area contributed by atoms with Gasteiger partial charge in [0, 0.05) is 17.5 Å². The lowest BCUT2D eigenvalue weighted by atomic mass is 10.2. The number of nitrogens with one attached hydrogen (secondary N) is 1. The normalized spacial score (nSPS) is 10.6. The molecule has 0 saturated heterocycles. The Morgan fingerprint density at radius 3 is 2.81 bits per heavy atom. The molecule has 0 saturated carbocycles. The molecule has 1 aromatic heterocycles. The minimum atomic E-state index is 0.880. The fraction of sp³-hybridized carbons (Fsp3) is 0.308. The van der Waals surface area contributed by atoms with Gasteiger partial charge in [0.2, 0.25) is 0 Å². The number of hydrogen-bond acceptors (Lipinski definition) is 3. The van der Waals surface area contributed by atoms with Crippen molar-refractivity contribution in [2.45, 2.75) is 19.9 Å². The lowest BCUT2D eigenvalue weighted by Crippen LogP contribution is -2.13. The highest BCUT2D eigenvalue weighted by molar-refractivity contribution is 7.09. The third-order valence-corrected chi connectivity index (χ3v) is 3.17. The van der Waals surface area contributed by atoms with Crippen LogP contribution in [0.1, 0.15) is 18.4 Å². The Labute approximate surface area is 100 Å². The van der Waals surface area contributed by atoms with Gasteiger partial charge < -0.3 is 5.32 Å². The Kier molecular flexibility index (Phi) is 4.08. The molecule has 0 amide bonds. The number of benzene rings is 1. The zero-order valence-corrected chi connectivity index (χ0v) is 10.3. The van der Waals surface area contributed by atoms with E-state index in [2.05, 4.69) is 34.7 Å². The Balaban J connectivity index is 2.02. The first kappa shape index (κ1) is 11.3. The molecule has 1 N–H and O–H groups in total. The number of hydrogen-bond donors (Lipinski definition) is 1. The van der Waals surface area contributed by atoms with Gasteiger partial charge in [-0.05, 0) is 13.0 Å². The van der Waals surface area contributed by atoms with E-state index >= 15 is 0 Å². The van der Waals surface area contributed by atoms with Crippen LogP contribution in [0.25, 0.3) is 11.3 Å². The Morgan fingerprint density at radius 1 is 1.25 bits per heavy atom. The van der Waals surface area contributed by atoms with Gasteiger partial charge in [0.15, 0.2) is 0 Å². The summed E-state index contributed by atoms with van der Waals surface area (Å²) < 4.78 is 0. The van der Waals surface area contributed by atoms with Gasteiger partial charge in [-0.2, -0.15) is 0 Å². The molecule has 2 nitrogen and oxygen atoms in total. The molecule has 0 radical (unpaired) electrons. The fourth-order valence-electron chi connectivity index (χ4n) is 1.51. The standard InChI is InChI=1S/C13H16N2S/c1-2-8-14-9-13-15-12(10-16-13)11-6-4-3-5-7-11/h3-7,10,14H,2,8-9H2,1H3. The van der Waals surface area contributed by atoms with E-state index in [1.807, 2.05) is 18.2 Å². The molecule has 2 aromatic rings. The second kappa shape index (κ2) is 5.77. The summed E-state index contributed by atoms with van der Waals surface area (Å²) >= 11 is 1.72. The SMILES string of the molecule is CCCNCc1nc(-c2ccccc2)cs1. The van der Waals surface area contributed by atoms with Crippen molar-refractivity contribution in [2.24, 2.45) is 0 Å². The molecule has 1 aromatic carbocycles. The third-order valence-electron chi connectivity index (χ3n) is 2.32. The minimum Gasteiger partial charge on any atom is -0.310 e. The van der Waals surface area contributed by atoms with Crippen LogP contribution in [0.2, 0.25) is 0 Å². The van der Waals surface area contributed by atoms with Crippen molar-refractivity contribution in [3.63, 3.8) is 0 Å². The predicted octanol–water partition coefficient (Wildman–Crippen LogP) is 3.31. The fourth-order valence-corrected chi connectivity index (χ4v) is 2.28. The average molecular weight is 232 g/mol. The molecule has 0 aliphatic rings. The van der Waals surface area contributed by atoms with Crippen LogP contribution in [0.3, 0.4) is 0 Å². The van der Waals surface area contributed by atoms with Gasteiger partial charge in [-0.1, -0.05) is 37.3 Å². The zero-order valence-electron chi connectivity index (χ0n) is 9.44. The number of aromatic nitrogens is 1. The second-order valence-corrected chi connectivity index (χ2v) is 4.61. The first-order valence-electron chi connectivity index (χ1n) is 5.60. The van der Waals surface area contributed by atoms with Crippen LogP contribution in [0.4, 0.5) is 0 Å². The highest BCUT2D eigenvalue weighted by Gasteiger charge is 2.02. The first-order chi connectivity index (χ1) is 7.90. The van der Waals surface area contributed by atoms with Crippen molar-refractivity contribution in [1.29, 1.82) is 0 Å². The first-order valence-corrected chi connectivity index (χ1v) is 6.48. The van der Waals surface area contributed by atoms with Crippen molar-refractivity contribution in [3.8, 4) is 11.3 Å². The number of rotatable bonds is 5. The Morgan fingerprint density at radius 2 is 2.06 bits per heavy atom. The minimum absolute atomic E-state index is 0.880. The van der Waals surface area contributed by atoms with Crippen molar-refractivity contribution in [3.05, 3.63) is 40.7 Å². The van der Waals surface area contributed by atoms with Gasteiger partial charge in [0.25, 0.3) is 0 Å². The molecule has 16 heavy (non-hydrogen) atoms. The van der Waals surface area contributed by atoms with E-state index in [1.54, 1.807) is 11.3 Å². The summed E-state index contributed by atoms with van der Waals surface area (Å²) in [6.07, 6.45) is 1.16. The van der Waals surface area contributed by atoms with Crippen LogP contribution in [0.5, 0.6) is 0 Å². The van der Waals surface area contributed by atoms with Crippen molar-refractivity contribution < 1.29 is 0 Å². The summed E-state index contributed by atoms with van der Waals surface area (Å²) in [4.78, 5) is 4.61. The van der Waals surface area contributed by atoms with E-state index < -0.39 is 0 Å². The van der Waals surface area contributed by atoms with E-state index in [0.29, 0.717) is 0 Å². The molecule has 0 aliphatic carbocycles. The van der Waals surface area contributed by atoms with E-state index in [-0.39, 0.29) is 0 Å². The smallest absolute Gasteiger partial charge is 0.107 e. The Hall–Kier alpha value is -1.19. The lowest BCUT2D eigenvalue weighted by Gasteiger charge is -1.98. The number of thiazole rings is 1. The molecular weight excluding hydrogens is 216 g/mol. The van der Waals surface area contributed by atoms with Gasteiger partial charge in [-0.25, -0.2) is 4.98 Å². The summed E-state index contributed by atoms with van der Waals surface area (Å²) in [5.41, 5.74) is 2.28. The molecule has 0 unspecified atom stereocenters. The Bertz CT molecular complexity index is 423. The molecule has 0 bridgehead atoms. The van der Waals surface area contributed by atoms with Gasteiger partial charge in [0.1, 0.15) is 5.01 Å². The molecular formula is C13H16N2S. The molecule has 1 heterocycles. The number of nitrogens with zero attached hydrogens (tertiary/aromatic N) is 1. The molecule has 0 aliphatic heterocycles. The van der Waals surface area contributed by atoms with E-state index in [0.717, 1.165) is 30.2 Å². The molecule has 2 rings (SSSR count). The molecule has 0 fully saturated rings. The topological polar surface area (TPSA) is 24.9 Å². The van der Waals surface area contributed by atoms with Crippen LogP contribution < -0.4 is 5.32 Å². The summed E-state index contributed by atoms with van der Waals surface area (Å²) in [5, 5.41) is 6.65. The van der Waals surface area contributed by atoms with Crippen LogP contribution in [-0.2, 0) is 6.54 Å². The maximum atomic E-state index is 4.61. The van der Waals surface area contributed by atoms with Gasteiger partial charge >= 0.3 is 0 Å². The van der Waals surface area contributed by atoms with E-state index in [1.165, 1.54) is 5.56 Å².